The van der Waals surface area contributed by atoms with Crippen LogP contribution >= 0.6 is 15.9 Å². The summed E-state index contributed by atoms with van der Waals surface area (Å²) in [7, 11) is 0. The predicted molar refractivity (Wildman–Crippen MR) is 84.1 cm³/mol. The molecule has 0 aliphatic carbocycles. The number of aromatic amines is 1. The first-order valence-electron chi connectivity index (χ1n) is 6.77. The molecule has 2 aromatic heterocycles. The van der Waals surface area contributed by atoms with Gasteiger partial charge in [0.05, 0.1) is 0 Å². The van der Waals surface area contributed by atoms with Gasteiger partial charge in [-0.1, -0.05) is 5.16 Å². The normalized spacial score (nSPS) is 12.1. The van der Waals surface area contributed by atoms with E-state index in [9.17, 15) is 9.18 Å². The fourth-order valence-electron chi connectivity index (χ4n) is 1.96. The van der Waals surface area contributed by atoms with Gasteiger partial charge < -0.3 is 14.8 Å². The number of benzene rings is 1. The molecule has 0 aliphatic heterocycles. The predicted octanol–water partition coefficient (Wildman–Crippen LogP) is 3.46. The van der Waals surface area contributed by atoms with Crippen molar-refractivity contribution in [2.75, 3.05) is 0 Å². The maximum atomic E-state index is 12.9. The van der Waals surface area contributed by atoms with E-state index >= 15 is 0 Å². The molecule has 2 heterocycles. The SMILES string of the molecule is CC(NC(=O)c1cc(Br)c[nH]1)c1nc(-c2ccc(F)cc2)no1. The van der Waals surface area contributed by atoms with Crippen LogP contribution in [0.1, 0.15) is 29.3 Å². The van der Waals surface area contributed by atoms with E-state index in [0.29, 0.717) is 17.1 Å². The zero-order valence-electron chi connectivity index (χ0n) is 12.0. The summed E-state index contributed by atoms with van der Waals surface area (Å²) in [6.45, 7) is 1.73. The minimum absolute atomic E-state index is 0.267. The van der Waals surface area contributed by atoms with Crippen LogP contribution in [-0.2, 0) is 0 Å². The zero-order valence-corrected chi connectivity index (χ0v) is 13.6. The Bertz CT molecular complexity index is 828. The molecule has 1 amide bonds. The Balaban J connectivity index is 1.72. The number of aromatic nitrogens is 3. The van der Waals surface area contributed by atoms with Crippen molar-refractivity contribution in [2.45, 2.75) is 13.0 Å². The third kappa shape index (κ3) is 3.48. The van der Waals surface area contributed by atoms with E-state index < -0.39 is 6.04 Å². The van der Waals surface area contributed by atoms with Gasteiger partial charge in [0.15, 0.2) is 0 Å². The molecule has 1 aromatic carbocycles. The van der Waals surface area contributed by atoms with Crippen molar-refractivity contribution in [2.24, 2.45) is 0 Å². The summed E-state index contributed by atoms with van der Waals surface area (Å²) in [6, 6.07) is 6.96. The van der Waals surface area contributed by atoms with Gasteiger partial charge in [-0.15, -0.1) is 0 Å². The van der Waals surface area contributed by atoms with Gasteiger partial charge in [0.1, 0.15) is 17.6 Å². The van der Waals surface area contributed by atoms with Crippen molar-refractivity contribution in [1.82, 2.24) is 20.4 Å². The van der Waals surface area contributed by atoms with Crippen LogP contribution in [0.4, 0.5) is 4.39 Å². The highest BCUT2D eigenvalue weighted by molar-refractivity contribution is 9.10. The van der Waals surface area contributed by atoms with Crippen molar-refractivity contribution in [3.63, 3.8) is 0 Å². The number of nitrogens with one attached hydrogen (secondary N) is 2. The molecule has 0 fully saturated rings. The Morgan fingerprint density at radius 3 is 2.78 bits per heavy atom. The number of nitrogens with zero attached hydrogens (tertiary/aromatic N) is 2. The maximum absolute atomic E-state index is 12.9. The van der Waals surface area contributed by atoms with Crippen LogP contribution in [0.15, 0.2) is 45.5 Å². The van der Waals surface area contributed by atoms with Crippen LogP contribution in [0.3, 0.4) is 0 Å². The molecule has 8 heteroatoms. The summed E-state index contributed by atoms with van der Waals surface area (Å²) in [6.07, 6.45) is 1.67. The number of H-pyrrole nitrogens is 1. The molecule has 0 spiro atoms. The topological polar surface area (TPSA) is 83.8 Å². The summed E-state index contributed by atoms with van der Waals surface area (Å²) in [5, 5.41) is 6.60. The largest absolute Gasteiger partial charge is 0.356 e. The fourth-order valence-corrected chi connectivity index (χ4v) is 2.31. The van der Waals surface area contributed by atoms with Crippen molar-refractivity contribution in [3.05, 3.63) is 58.4 Å². The summed E-state index contributed by atoms with van der Waals surface area (Å²) in [5.74, 6) is -0.0213. The highest BCUT2D eigenvalue weighted by atomic mass is 79.9. The minimum atomic E-state index is -0.466. The lowest BCUT2D eigenvalue weighted by Gasteiger charge is -2.08. The van der Waals surface area contributed by atoms with Crippen LogP contribution < -0.4 is 5.32 Å². The number of hydrogen-bond acceptors (Lipinski definition) is 4. The van der Waals surface area contributed by atoms with Crippen molar-refractivity contribution >= 4 is 21.8 Å². The number of amides is 1. The van der Waals surface area contributed by atoms with Crippen LogP contribution in [0, 0.1) is 5.82 Å². The molecule has 0 aliphatic rings. The van der Waals surface area contributed by atoms with Crippen LogP contribution in [0.25, 0.3) is 11.4 Å². The van der Waals surface area contributed by atoms with Gasteiger partial charge in [-0.3, -0.25) is 4.79 Å². The molecule has 2 N–H and O–H groups in total. The highest BCUT2D eigenvalue weighted by Crippen LogP contribution is 2.19. The van der Waals surface area contributed by atoms with Gasteiger partial charge in [-0.05, 0) is 53.2 Å². The molecule has 23 heavy (non-hydrogen) atoms. The van der Waals surface area contributed by atoms with Gasteiger partial charge >= 0.3 is 0 Å². The second-order valence-corrected chi connectivity index (χ2v) is 5.81. The van der Waals surface area contributed by atoms with E-state index in [1.165, 1.54) is 12.1 Å². The van der Waals surface area contributed by atoms with E-state index in [1.54, 1.807) is 31.3 Å². The highest BCUT2D eigenvalue weighted by Gasteiger charge is 2.18. The van der Waals surface area contributed by atoms with E-state index in [0.717, 1.165) is 4.47 Å². The van der Waals surface area contributed by atoms with E-state index in [2.05, 4.69) is 36.4 Å². The Hall–Kier alpha value is -2.48. The lowest BCUT2D eigenvalue weighted by Crippen LogP contribution is -2.27. The van der Waals surface area contributed by atoms with Gasteiger partial charge in [0.25, 0.3) is 5.91 Å². The fraction of sp³-hybridized carbons (Fsp3) is 0.133. The van der Waals surface area contributed by atoms with Gasteiger partial charge in [0.2, 0.25) is 11.7 Å². The van der Waals surface area contributed by atoms with E-state index in [-0.39, 0.29) is 17.6 Å². The summed E-state index contributed by atoms with van der Waals surface area (Å²) >= 11 is 3.27. The molecular formula is C15H12BrFN4O2. The molecule has 0 radical (unpaired) electrons. The zero-order chi connectivity index (χ0) is 16.4. The standard InChI is InChI=1S/C15H12BrFN4O2/c1-8(19-14(22)12-6-10(16)7-18-12)15-20-13(21-23-15)9-2-4-11(17)5-3-9/h2-8,18H,1H3,(H,19,22). The minimum Gasteiger partial charge on any atom is -0.356 e. The van der Waals surface area contributed by atoms with Gasteiger partial charge in [-0.25, -0.2) is 4.39 Å². The Labute approximate surface area is 139 Å². The molecule has 6 nitrogen and oxygen atoms in total. The molecule has 0 saturated heterocycles. The summed E-state index contributed by atoms with van der Waals surface area (Å²) in [4.78, 5) is 19.1. The molecule has 1 unspecified atom stereocenters. The quantitative estimate of drug-likeness (QED) is 0.727. The smallest absolute Gasteiger partial charge is 0.268 e. The maximum Gasteiger partial charge on any atom is 0.268 e. The molecular weight excluding hydrogens is 367 g/mol. The average molecular weight is 379 g/mol. The molecule has 118 valence electrons. The number of carbonyl (C=O) groups excluding carboxylic acids is 1. The second-order valence-electron chi connectivity index (χ2n) is 4.89. The van der Waals surface area contributed by atoms with Crippen LogP contribution in [-0.4, -0.2) is 21.0 Å². The molecule has 0 saturated carbocycles. The van der Waals surface area contributed by atoms with Crippen molar-refractivity contribution < 1.29 is 13.7 Å². The van der Waals surface area contributed by atoms with Crippen molar-refractivity contribution in [1.29, 1.82) is 0 Å². The molecule has 0 bridgehead atoms. The van der Waals surface area contributed by atoms with Gasteiger partial charge in [0, 0.05) is 16.2 Å². The van der Waals surface area contributed by atoms with Crippen LogP contribution in [0.2, 0.25) is 0 Å². The van der Waals surface area contributed by atoms with Crippen molar-refractivity contribution in [3.8, 4) is 11.4 Å². The molecule has 1 atom stereocenters. The summed E-state index contributed by atoms with van der Waals surface area (Å²) in [5.41, 5.74) is 1.05. The van der Waals surface area contributed by atoms with E-state index in [1.807, 2.05) is 0 Å². The second kappa shape index (κ2) is 6.33. The number of hydrogen-bond donors (Lipinski definition) is 2. The van der Waals surface area contributed by atoms with Crippen LogP contribution in [0.5, 0.6) is 0 Å². The Kier molecular flexibility index (Phi) is 4.24. The Morgan fingerprint density at radius 2 is 2.13 bits per heavy atom. The third-order valence-electron chi connectivity index (χ3n) is 3.15. The first kappa shape index (κ1) is 15.4. The monoisotopic (exact) mass is 378 g/mol. The average Bonchev–Trinajstić information content (AvgIpc) is 3.17. The van der Waals surface area contributed by atoms with E-state index in [4.69, 9.17) is 4.52 Å². The lowest BCUT2D eigenvalue weighted by atomic mass is 10.2. The van der Waals surface area contributed by atoms with Gasteiger partial charge in [-0.2, -0.15) is 4.98 Å². The first-order chi connectivity index (χ1) is 11.0. The number of carbonyl (C=O) groups is 1. The first-order valence-corrected chi connectivity index (χ1v) is 7.56. The molecule has 3 rings (SSSR count). The third-order valence-corrected chi connectivity index (χ3v) is 3.61. The summed E-state index contributed by atoms with van der Waals surface area (Å²) < 4.78 is 18.9. The Morgan fingerprint density at radius 1 is 1.39 bits per heavy atom. The number of halogens is 2. The molecule has 3 aromatic rings. The lowest BCUT2D eigenvalue weighted by molar-refractivity contribution is 0.0928. The number of rotatable bonds is 4.